The Balaban J connectivity index is 1.92. The third kappa shape index (κ3) is 3.06. The molecule has 0 saturated heterocycles. The third-order valence-electron chi connectivity index (χ3n) is 6.64. The molecule has 1 aromatic carbocycles. The van der Waals surface area contributed by atoms with Crippen molar-refractivity contribution in [3.63, 3.8) is 0 Å². The summed E-state index contributed by atoms with van der Waals surface area (Å²) in [5.74, 6) is -0.0834. The van der Waals surface area contributed by atoms with Crippen molar-refractivity contribution in [2.45, 2.75) is 39.7 Å². The van der Waals surface area contributed by atoms with Gasteiger partial charge in [0.15, 0.2) is 0 Å². The summed E-state index contributed by atoms with van der Waals surface area (Å²) in [6.45, 7) is 7.92. The molecule has 1 amide bonds. The third-order valence-corrected chi connectivity index (χ3v) is 6.64. The Morgan fingerprint density at radius 3 is 2.50 bits per heavy atom. The van der Waals surface area contributed by atoms with E-state index >= 15 is 0 Å². The molecule has 1 aromatic heterocycles. The van der Waals surface area contributed by atoms with Crippen LogP contribution in [-0.4, -0.2) is 74.6 Å². The summed E-state index contributed by atoms with van der Waals surface area (Å²) in [4.78, 5) is 29.8. The molecule has 1 unspecified atom stereocenters. The van der Waals surface area contributed by atoms with Crippen LogP contribution in [0.4, 0.5) is 0 Å². The maximum Gasteiger partial charge on any atom is 0.230 e. The van der Waals surface area contributed by atoms with Gasteiger partial charge in [0.1, 0.15) is 15.7 Å². The predicted molar refractivity (Wildman–Crippen MR) is 123 cm³/mol. The number of fused-ring (bicyclic) bond motifs is 2. The predicted octanol–water partition coefficient (Wildman–Crippen LogP) is 1.02. The maximum absolute atomic E-state index is 13.1. The van der Waals surface area contributed by atoms with Gasteiger partial charge in [0.2, 0.25) is 11.8 Å². The van der Waals surface area contributed by atoms with Crippen LogP contribution in [0.1, 0.15) is 43.1 Å². The zero-order chi connectivity index (χ0) is 21.7. The van der Waals surface area contributed by atoms with E-state index in [2.05, 4.69) is 18.0 Å². The van der Waals surface area contributed by atoms with Gasteiger partial charge in [0.25, 0.3) is 0 Å². The summed E-state index contributed by atoms with van der Waals surface area (Å²) in [7, 11) is 14.8. The first-order valence-corrected chi connectivity index (χ1v) is 10.8. The largest absolute Gasteiger partial charge is 0.343 e. The molecule has 0 N–H and O–H groups in total. The first-order valence-electron chi connectivity index (χ1n) is 10.8. The Labute approximate surface area is 180 Å². The molecule has 30 heavy (non-hydrogen) atoms. The van der Waals surface area contributed by atoms with Gasteiger partial charge in [-0.15, -0.1) is 0 Å². The summed E-state index contributed by atoms with van der Waals surface area (Å²) < 4.78 is 1.61. The van der Waals surface area contributed by atoms with E-state index in [9.17, 15) is 9.59 Å². The van der Waals surface area contributed by atoms with Crippen LogP contribution < -0.4 is 11.1 Å². The van der Waals surface area contributed by atoms with Crippen molar-refractivity contribution in [2.24, 2.45) is 5.92 Å². The van der Waals surface area contributed by atoms with E-state index in [1.807, 2.05) is 37.8 Å². The lowest BCUT2D eigenvalue weighted by molar-refractivity contribution is -0.134. The Hall–Kier alpha value is -2.27. The first kappa shape index (κ1) is 21.0. The monoisotopic (exact) mass is 399 g/mol. The zero-order valence-electron chi connectivity index (χ0n) is 18.2. The van der Waals surface area contributed by atoms with E-state index in [1.165, 1.54) is 0 Å². The SMILES string of the molecule is [B]c1cc2c3c(c([B])n(C(=O)CC)c3c1)CC1C2=C[C@@H](C(=O)N(CC)CC)CN1C. The Morgan fingerprint density at radius 2 is 1.87 bits per heavy atom. The first-order chi connectivity index (χ1) is 14.3. The van der Waals surface area contributed by atoms with Crippen molar-refractivity contribution in [1.82, 2.24) is 14.4 Å². The molecule has 4 radical (unpaired) electrons. The molecular weight excluding hydrogens is 372 g/mol. The fourth-order valence-corrected chi connectivity index (χ4v) is 5.10. The maximum atomic E-state index is 13.1. The highest BCUT2D eigenvalue weighted by molar-refractivity contribution is 6.38. The number of likely N-dealkylation sites (N-methyl/N-ethyl adjacent to an activating group) is 1. The summed E-state index contributed by atoms with van der Waals surface area (Å²) in [5.41, 5.74) is 4.98. The quantitative estimate of drug-likeness (QED) is 0.722. The van der Waals surface area contributed by atoms with Gasteiger partial charge in [0.05, 0.1) is 11.4 Å². The van der Waals surface area contributed by atoms with Crippen molar-refractivity contribution in [1.29, 1.82) is 0 Å². The Bertz CT molecular complexity index is 1070. The van der Waals surface area contributed by atoms with Gasteiger partial charge >= 0.3 is 0 Å². The summed E-state index contributed by atoms with van der Waals surface area (Å²) in [6, 6.07) is 3.90. The fraction of sp³-hybridized carbons (Fsp3) is 0.478. The lowest BCUT2D eigenvalue weighted by atomic mass is 9.76. The molecule has 2 heterocycles. The Kier molecular flexibility index (Phi) is 5.43. The summed E-state index contributed by atoms with van der Waals surface area (Å²) >= 11 is 0. The second-order valence-corrected chi connectivity index (χ2v) is 8.31. The van der Waals surface area contributed by atoms with E-state index in [0.717, 1.165) is 34.0 Å². The number of nitrogens with zero attached hydrogens (tertiary/aromatic N) is 3. The lowest BCUT2D eigenvalue weighted by Crippen LogP contribution is -2.48. The minimum atomic E-state index is -0.198. The lowest BCUT2D eigenvalue weighted by Gasteiger charge is -2.40. The standard InChI is InChI=1S/C23H27B2N3O2/c1-5-20(29)28-19-10-14(24)9-16-15-8-13(23(30)27(6-2)7-3)12-26(4)18(15)11-17(21(16)19)22(28)25/h8-10,13,18H,5-7,11-12H2,1-4H3/t13-,18?/m1/s1. The van der Waals surface area contributed by atoms with E-state index in [0.29, 0.717) is 37.1 Å². The van der Waals surface area contributed by atoms with Crippen molar-refractivity contribution in [3.05, 3.63) is 29.3 Å². The van der Waals surface area contributed by atoms with Gasteiger partial charge in [-0.3, -0.25) is 19.1 Å². The number of aromatic nitrogens is 1. The molecule has 1 aliphatic heterocycles. The zero-order valence-corrected chi connectivity index (χ0v) is 18.2. The number of benzene rings is 1. The van der Waals surface area contributed by atoms with E-state index < -0.39 is 0 Å². The number of hydrogen-bond acceptors (Lipinski definition) is 3. The molecule has 4 rings (SSSR count). The van der Waals surface area contributed by atoms with Crippen LogP contribution in [0.15, 0.2) is 18.2 Å². The van der Waals surface area contributed by atoms with Crippen molar-refractivity contribution in [3.8, 4) is 0 Å². The molecule has 2 aromatic rings. The van der Waals surface area contributed by atoms with Crippen LogP contribution in [0.5, 0.6) is 0 Å². The summed E-state index contributed by atoms with van der Waals surface area (Å²) in [6.07, 6.45) is 3.21. The van der Waals surface area contributed by atoms with Gasteiger partial charge < -0.3 is 4.90 Å². The molecular formula is C23H27B2N3O2. The minimum Gasteiger partial charge on any atom is -0.343 e. The number of hydrogen-bond donors (Lipinski definition) is 0. The number of amides is 1. The number of carbonyl (C=O) groups is 2. The van der Waals surface area contributed by atoms with Crippen LogP contribution in [0, 0.1) is 5.92 Å². The second kappa shape index (κ2) is 7.77. The fourth-order valence-electron chi connectivity index (χ4n) is 5.10. The van der Waals surface area contributed by atoms with Crippen molar-refractivity contribution < 1.29 is 9.59 Å². The molecule has 1 aliphatic carbocycles. The topological polar surface area (TPSA) is 45.6 Å². The number of rotatable bonds is 4. The number of carbonyl (C=O) groups excluding carboxylic acids is 2. The van der Waals surface area contributed by atoms with E-state index in [1.54, 1.807) is 4.57 Å². The molecule has 2 atom stereocenters. The average molecular weight is 399 g/mol. The normalized spacial score (nSPS) is 20.7. The van der Waals surface area contributed by atoms with Crippen molar-refractivity contribution in [2.75, 3.05) is 26.7 Å². The molecule has 2 aliphatic rings. The Morgan fingerprint density at radius 1 is 1.17 bits per heavy atom. The highest BCUT2D eigenvalue weighted by Crippen LogP contribution is 2.40. The molecule has 152 valence electrons. The average Bonchev–Trinajstić information content (AvgIpc) is 3.00. The van der Waals surface area contributed by atoms with Crippen LogP contribution in [-0.2, 0) is 11.2 Å². The van der Waals surface area contributed by atoms with Crippen LogP contribution >= 0.6 is 0 Å². The van der Waals surface area contributed by atoms with Gasteiger partial charge in [-0.05, 0) is 55.7 Å². The highest BCUT2D eigenvalue weighted by Gasteiger charge is 2.38. The van der Waals surface area contributed by atoms with E-state index in [-0.39, 0.29) is 23.8 Å². The molecule has 7 heteroatoms. The van der Waals surface area contributed by atoms with Gasteiger partial charge in [-0.1, -0.05) is 24.5 Å². The second-order valence-electron chi connectivity index (χ2n) is 8.31. The summed E-state index contributed by atoms with van der Waals surface area (Å²) in [5, 5.41) is 0.996. The van der Waals surface area contributed by atoms with Crippen LogP contribution in [0.25, 0.3) is 16.5 Å². The van der Waals surface area contributed by atoms with Gasteiger partial charge in [0, 0.05) is 37.5 Å². The smallest absolute Gasteiger partial charge is 0.230 e. The molecule has 0 fully saturated rings. The van der Waals surface area contributed by atoms with Gasteiger partial charge in [-0.25, -0.2) is 0 Å². The van der Waals surface area contributed by atoms with Crippen LogP contribution in [0.3, 0.4) is 0 Å². The van der Waals surface area contributed by atoms with E-state index in [4.69, 9.17) is 15.7 Å². The molecule has 0 spiro atoms. The van der Waals surface area contributed by atoms with Crippen molar-refractivity contribution >= 4 is 55.0 Å². The highest BCUT2D eigenvalue weighted by atomic mass is 16.2. The molecule has 5 nitrogen and oxygen atoms in total. The molecule has 0 saturated carbocycles. The van der Waals surface area contributed by atoms with Gasteiger partial charge in [-0.2, -0.15) is 0 Å². The minimum absolute atomic E-state index is 0.0397. The molecule has 0 bridgehead atoms. The van der Waals surface area contributed by atoms with Crippen LogP contribution in [0.2, 0.25) is 0 Å².